The van der Waals surface area contributed by atoms with Gasteiger partial charge in [0.25, 0.3) is 11.8 Å². The number of ether oxygens (including phenoxy) is 1. The normalized spacial score (nSPS) is 21.4. The van der Waals surface area contributed by atoms with Gasteiger partial charge in [-0.2, -0.15) is 0 Å². The van der Waals surface area contributed by atoms with E-state index in [2.05, 4.69) is 12.2 Å². The second kappa shape index (κ2) is 6.76. The lowest BCUT2D eigenvalue weighted by molar-refractivity contribution is -0.127. The molecule has 1 aliphatic heterocycles. The van der Waals surface area contributed by atoms with Crippen molar-refractivity contribution in [1.29, 1.82) is 0 Å². The Balaban J connectivity index is 1.67. The molecule has 0 unspecified atom stereocenters. The molecule has 0 radical (unpaired) electrons. The fourth-order valence-corrected chi connectivity index (χ4v) is 4.83. The molecule has 2 aliphatic rings. The summed E-state index contributed by atoms with van der Waals surface area (Å²) in [6.07, 6.45) is 2.57. The predicted octanol–water partition coefficient (Wildman–Crippen LogP) is 3.03. The maximum atomic E-state index is 13.3. The van der Waals surface area contributed by atoms with Crippen molar-refractivity contribution in [3.05, 3.63) is 45.6 Å². The third-order valence-electron chi connectivity index (χ3n) is 5.10. The summed E-state index contributed by atoms with van der Waals surface area (Å²) in [6, 6.07) is 9.43. The van der Waals surface area contributed by atoms with E-state index in [0.29, 0.717) is 11.7 Å². The first-order valence-electron chi connectivity index (χ1n) is 8.97. The number of fused-ring (bicyclic) bond motifs is 2. The summed E-state index contributed by atoms with van der Waals surface area (Å²) in [7, 11) is 1.58. The zero-order valence-corrected chi connectivity index (χ0v) is 15.8. The summed E-state index contributed by atoms with van der Waals surface area (Å²) in [5, 5.41) is 2.61. The molecule has 1 aromatic heterocycles. The van der Waals surface area contributed by atoms with Crippen molar-refractivity contribution in [2.45, 2.75) is 32.3 Å². The summed E-state index contributed by atoms with van der Waals surface area (Å²) in [6.45, 7) is 2.47. The van der Waals surface area contributed by atoms with Gasteiger partial charge in [-0.25, -0.2) is 0 Å². The minimum atomic E-state index is -0.701. The van der Waals surface area contributed by atoms with E-state index in [9.17, 15) is 9.59 Å². The summed E-state index contributed by atoms with van der Waals surface area (Å²) in [5.41, 5.74) is 2.03. The lowest BCUT2D eigenvalue weighted by Crippen LogP contribution is -2.50. The van der Waals surface area contributed by atoms with Crippen molar-refractivity contribution in [2.75, 3.05) is 18.5 Å². The number of para-hydroxylation sites is 2. The molecule has 1 aromatic carbocycles. The Morgan fingerprint density at radius 2 is 2.12 bits per heavy atom. The van der Waals surface area contributed by atoms with E-state index in [-0.39, 0.29) is 18.4 Å². The Kier molecular flexibility index (Phi) is 4.44. The number of likely N-dealkylation sites (N-methyl/N-ethyl adjacent to an activating group) is 1. The maximum absolute atomic E-state index is 13.3. The summed E-state index contributed by atoms with van der Waals surface area (Å²) in [5.74, 6) is 0.954. The molecule has 0 spiro atoms. The van der Waals surface area contributed by atoms with Gasteiger partial charge < -0.3 is 10.1 Å². The molecule has 2 heterocycles. The van der Waals surface area contributed by atoms with Gasteiger partial charge in [-0.05, 0) is 48.9 Å². The third kappa shape index (κ3) is 2.98. The van der Waals surface area contributed by atoms with Crippen molar-refractivity contribution in [3.8, 4) is 5.75 Å². The van der Waals surface area contributed by atoms with E-state index >= 15 is 0 Å². The number of hydrogen-bond acceptors (Lipinski definition) is 4. The van der Waals surface area contributed by atoms with Crippen LogP contribution in [0.1, 0.15) is 33.5 Å². The van der Waals surface area contributed by atoms with Crippen LogP contribution in [0.2, 0.25) is 0 Å². The van der Waals surface area contributed by atoms with Gasteiger partial charge in [-0.1, -0.05) is 19.1 Å². The highest BCUT2D eigenvalue weighted by atomic mass is 32.1. The molecule has 0 bridgehead atoms. The average molecular weight is 370 g/mol. The van der Waals surface area contributed by atoms with Crippen LogP contribution in [-0.4, -0.2) is 31.5 Å². The van der Waals surface area contributed by atoms with Crippen LogP contribution in [0.3, 0.4) is 0 Å². The molecular weight excluding hydrogens is 348 g/mol. The molecule has 2 amide bonds. The lowest BCUT2D eigenvalue weighted by atomic mass is 9.90. The minimum Gasteiger partial charge on any atom is -0.477 e. The van der Waals surface area contributed by atoms with Gasteiger partial charge in [0, 0.05) is 11.9 Å². The SMILES string of the molecule is CNC(=O)[C@H]1CN(C(=O)c2cc3c(s2)CC[C@@H](C)C3)c2ccccc2O1. The number of aryl methyl sites for hydroxylation is 1. The molecular formula is C20H22N2O3S. The molecule has 0 saturated carbocycles. The van der Waals surface area contributed by atoms with Gasteiger partial charge >= 0.3 is 0 Å². The zero-order chi connectivity index (χ0) is 18.3. The van der Waals surface area contributed by atoms with Crippen LogP contribution in [0.25, 0.3) is 0 Å². The molecule has 0 fully saturated rings. The van der Waals surface area contributed by atoms with Crippen LogP contribution in [0.4, 0.5) is 5.69 Å². The first kappa shape index (κ1) is 17.1. The van der Waals surface area contributed by atoms with Crippen molar-refractivity contribution in [1.82, 2.24) is 5.32 Å². The highest BCUT2D eigenvalue weighted by Crippen LogP contribution is 2.37. The van der Waals surface area contributed by atoms with E-state index in [1.54, 1.807) is 29.4 Å². The quantitative estimate of drug-likeness (QED) is 0.884. The van der Waals surface area contributed by atoms with Crippen molar-refractivity contribution in [2.24, 2.45) is 5.92 Å². The lowest BCUT2D eigenvalue weighted by Gasteiger charge is -2.33. The van der Waals surface area contributed by atoms with Crippen LogP contribution in [-0.2, 0) is 17.6 Å². The molecule has 136 valence electrons. The Labute approximate surface area is 157 Å². The van der Waals surface area contributed by atoms with Gasteiger partial charge in [0.15, 0.2) is 6.10 Å². The summed E-state index contributed by atoms with van der Waals surface area (Å²) < 4.78 is 5.79. The topological polar surface area (TPSA) is 58.6 Å². The van der Waals surface area contributed by atoms with Crippen LogP contribution < -0.4 is 15.0 Å². The number of benzene rings is 1. The highest BCUT2D eigenvalue weighted by molar-refractivity contribution is 7.14. The number of carbonyl (C=O) groups is 2. The molecule has 1 N–H and O–H groups in total. The van der Waals surface area contributed by atoms with E-state index in [1.165, 1.54) is 16.9 Å². The highest BCUT2D eigenvalue weighted by Gasteiger charge is 2.34. The van der Waals surface area contributed by atoms with Gasteiger partial charge in [0.1, 0.15) is 5.75 Å². The second-order valence-corrected chi connectivity index (χ2v) is 8.15. The fraction of sp³-hybridized carbons (Fsp3) is 0.400. The number of nitrogens with zero attached hydrogens (tertiary/aromatic N) is 1. The fourth-order valence-electron chi connectivity index (χ4n) is 3.67. The number of nitrogens with one attached hydrogen (secondary N) is 1. The summed E-state index contributed by atoms with van der Waals surface area (Å²) >= 11 is 1.60. The largest absolute Gasteiger partial charge is 0.477 e. The smallest absolute Gasteiger partial charge is 0.268 e. The minimum absolute atomic E-state index is 0.0540. The van der Waals surface area contributed by atoms with E-state index < -0.39 is 6.10 Å². The first-order chi connectivity index (χ1) is 12.6. The Bertz CT molecular complexity index is 860. The number of anilines is 1. The van der Waals surface area contributed by atoms with Gasteiger partial charge in [0.05, 0.1) is 17.1 Å². The van der Waals surface area contributed by atoms with Crippen LogP contribution in [0, 0.1) is 5.92 Å². The van der Waals surface area contributed by atoms with Crippen LogP contribution >= 0.6 is 11.3 Å². The molecule has 26 heavy (non-hydrogen) atoms. The molecule has 1 aliphatic carbocycles. The monoisotopic (exact) mass is 370 g/mol. The predicted molar refractivity (Wildman–Crippen MR) is 102 cm³/mol. The Morgan fingerprint density at radius 1 is 1.31 bits per heavy atom. The molecule has 2 aromatic rings. The van der Waals surface area contributed by atoms with Gasteiger partial charge in [-0.15, -0.1) is 11.3 Å². The third-order valence-corrected chi connectivity index (χ3v) is 6.32. The van der Waals surface area contributed by atoms with Crippen LogP contribution in [0.5, 0.6) is 5.75 Å². The van der Waals surface area contributed by atoms with Crippen LogP contribution in [0.15, 0.2) is 30.3 Å². The Morgan fingerprint density at radius 3 is 2.92 bits per heavy atom. The van der Waals surface area contributed by atoms with Gasteiger partial charge in [-0.3, -0.25) is 14.5 Å². The molecule has 6 heteroatoms. The standard InChI is InChI=1S/C20H22N2O3S/c1-12-7-8-17-13(9-12)10-18(26-17)20(24)22-11-16(19(23)21-2)25-15-6-4-3-5-14(15)22/h3-6,10,12,16H,7-9,11H2,1-2H3,(H,21,23)/t12-,16-/m1/s1. The van der Waals surface area contributed by atoms with Crippen molar-refractivity contribution < 1.29 is 14.3 Å². The number of amides is 2. The van der Waals surface area contributed by atoms with Crippen molar-refractivity contribution in [3.63, 3.8) is 0 Å². The Hall–Kier alpha value is -2.34. The molecule has 5 nitrogen and oxygen atoms in total. The summed E-state index contributed by atoms with van der Waals surface area (Å²) in [4.78, 5) is 29.1. The van der Waals surface area contributed by atoms with Crippen molar-refractivity contribution >= 4 is 28.8 Å². The van der Waals surface area contributed by atoms with E-state index in [4.69, 9.17) is 4.74 Å². The van der Waals surface area contributed by atoms with Gasteiger partial charge in [0.2, 0.25) is 0 Å². The first-order valence-corrected chi connectivity index (χ1v) is 9.79. The number of rotatable bonds is 2. The zero-order valence-electron chi connectivity index (χ0n) is 15.0. The average Bonchev–Trinajstić information content (AvgIpc) is 3.09. The number of thiophene rings is 1. The molecule has 0 saturated heterocycles. The number of carbonyl (C=O) groups excluding carboxylic acids is 2. The van der Waals surface area contributed by atoms with E-state index in [0.717, 1.165) is 23.4 Å². The molecule has 2 atom stereocenters. The second-order valence-electron chi connectivity index (χ2n) is 7.01. The molecule has 4 rings (SSSR count). The number of hydrogen-bond donors (Lipinski definition) is 1. The van der Waals surface area contributed by atoms with E-state index in [1.807, 2.05) is 24.3 Å². The maximum Gasteiger partial charge on any atom is 0.268 e.